The largest absolute Gasteiger partial charge is 0.303 e. The standard InChI is InChI=1S/C6H4ClI2NO2/c7-4-5(8)2-1-3-6(9)10(11)12/h1-4H/b2-1-,5-4-,6-3+. The third-order valence-corrected chi connectivity index (χ3v) is 2.80. The molecule has 0 fully saturated rings. The van der Waals surface area contributed by atoms with Crippen LogP contribution < -0.4 is 0 Å². The van der Waals surface area contributed by atoms with Gasteiger partial charge < -0.3 is 0 Å². The van der Waals surface area contributed by atoms with Crippen molar-refractivity contribution in [1.29, 1.82) is 0 Å². The van der Waals surface area contributed by atoms with Crippen molar-refractivity contribution < 1.29 is 4.92 Å². The van der Waals surface area contributed by atoms with E-state index in [-0.39, 0.29) is 3.70 Å². The number of halogens is 3. The summed E-state index contributed by atoms with van der Waals surface area (Å²) in [6.07, 6.45) is 4.65. The molecule has 0 saturated carbocycles. The fourth-order valence-electron chi connectivity index (χ4n) is 0.317. The first-order valence-corrected chi connectivity index (χ1v) is 5.31. The maximum atomic E-state index is 10.1. The Labute approximate surface area is 102 Å². The van der Waals surface area contributed by atoms with E-state index in [2.05, 4.69) is 0 Å². The summed E-state index contributed by atoms with van der Waals surface area (Å²) in [6.45, 7) is 0. The van der Waals surface area contributed by atoms with Crippen molar-refractivity contribution >= 4 is 56.8 Å². The zero-order valence-corrected chi connectivity index (χ0v) is 10.8. The minimum Gasteiger partial charge on any atom is -0.258 e. The van der Waals surface area contributed by atoms with Crippen LogP contribution in [-0.4, -0.2) is 4.92 Å². The molecule has 0 aromatic heterocycles. The number of nitro groups is 1. The second-order valence-electron chi connectivity index (χ2n) is 1.60. The lowest BCUT2D eigenvalue weighted by molar-refractivity contribution is -0.406. The zero-order valence-electron chi connectivity index (χ0n) is 5.71. The molecular weight excluding hydrogens is 407 g/mol. The van der Waals surface area contributed by atoms with Crippen LogP contribution in [0.15, 0.2) is 31.0 Å². The second-order valence-corrected chi connectivity index (χ2v) is 4.17. The quantitative estimate of drug-likeness (QED) is 0.234. The minimum atomic E-state index is -0.456. The van der Waals surface area contributed by atoms with E-state index >= 15 is 0 Å². The van der Waals surface area contributed by atoms with Gasteiger partial charge in [-0.1, -0.05) is 17.7 Å². The highest BCUT2D eigenvalue weighted by Gasteiger charge is 1.99. The fraction of sp³-hybridized carbons (Fsp3) is 0. The minimum absolute atomic E-state index is 0.0719. The Kier molecular flexibility index (Phi) is 7.05. The van der Waals surface area contributed by atoms with Gasteiger partial charge in [-0.2, -0.15) is 0 Å². The number of nitrogens with zero attached hydrogens (tertiary/aromatic N) is 1. The Hall–Kier alpha value is 0.370. The summed E-state index contributed by atoms with van der Waals surface area (Å²) in [4.78, 5) is 9.64. The van der Waals surface area contributed by atoms with Crippen molar-refractivity contribution in [3.05, 3.63) is 41.2 Å². The normalized spacial score (nSPS) is 13.9. The van der Waals surface area contributed by atoms with E-state index in [4.69, 9.17) is 11.6 Å². The summed E-state index contributed by atoms with van der Waals surface area (Å²) >= 11 is 9.01. The predicted octanol–water partition coefficient (Wildman–Crippen LogP) is 3.61. The van der Waals surface area contributed by atoms with Gasteiger partial charge in [0.2, 0.25) is 0 Å². The number of hydrogen-bond acceptors (Lipinski definition) is 2. The first-order valence-electron chi connectivity index (χ1n) is 2.72. The molecule has 0 aliphatic heterocycles. The summed E-state index contributed by atoms with van der Waals surface area (Å²) < 4.78 is 0.890. The molecule has 0 saturated heterocycles. The van der Waals surface area contributed by atoms with Crippen LogP contribution in [0, 0.1) is 10.1 Å². The Morgan fingerprint density at radius 1 is 1.50 bits per heavy atom. The average molecular weight is 411 g/mol. The van der Waals surface area contributed by atoms with E-state index in [0.29, 0.717) is 0 Å². The van der Waals surface area contributed by atoms with Crippen molar-refractivity contribution in [3.8, 4) is 0 Å². The molecule has 0 spiro atoms. The van der Waals surface area contributed by atoms with E-state index in [9.17, 15) is 10.1 Å². The van der Waals surface area contributed by atoms with Gasteiger partial charge in [0.1, 0.15) is 0 Å². The summed E-state index contributed by atoms with van der Waals surface area (Å²) in [7, 11) is 0. The highest BCUT2D eigenvalue weighted by atomic mass is 127. The van der Waals surface area contributed by atoms with Crippen LogP contribution in [0.2, 0.25) is 0 Å². The van der Waals surface area contributed by atoms with E-state index in [1.165, 1.54) is 11.6 Å². The predicted molar refractivity (Wildman–Crippen MR) is 66.2 cm³/mol. The Bertz CT molecular complexity index is 260. The van der Waals surface area contributed by atoms with Crippen LogP contribution in [0.1, 0.15) is 0 Å². The first kappa shape index (κ1) is 12.4. The SMILES string of the molecule is O=[N+]([O-])/C(I)=C/C=C\C(I)=C\Cl. The van der Waals surface area contributed by atoms with Crippen LogP contribution in [0.5, 0.6) is 0 Å². The first-order chi connectivity index (χ1) is 5.57. The molecule has 66 valence electrons. The molecule has 0 heterocycles. The zero-order chi connectivity index (χ0) is 9.56. The lowest BCUT2D eigenvalue weighted by atomic mass is 10.5. The molecule has 0 amide bonds. The molecule has 6 heteroatoms. The van der Waals surface area contributed by atoms with Gasteiger partial charge in [0.25, 0.3) is 0 Å². The van der Waals surface area contributed by atoms with Gasteiger partial charge in [-0.05, 0) is 28.7 Å². The van der Waals surface area contributed by atoms with Crippen LogP contribution in [0.25, 0.3) is 0 Å². The summed E-state index contributed by atoms with van der Waals surface area (Å²) in [5.41, 5.74) is 1.39. The summed E-state index contributed by atoms with van der Waals surface area (Å²) in [5, 5.41) is 10.1. The molecule has 3 nitrogen and oxygen atoms in total. The maximum absolute atomic E-state index is 10.1. The highest BCUT2D eigenvalue weighted by Crippen LogP contribution is 2.10. The second kappa shape index (κ2) is 6.84. The highest BCUT2D eigenvalue weighted by molar-refractivity contribution is 14.1. The molecular formula is C6H4ClI2NO2. The lowest BCUT2D eigenvalue weighted by Crippen LogP contribution is -1.88. The van der Waals surface area contributed by atoms with E-state index < -0.39 is 4.92 Å². The van der Waals surface area contributed by atoms with Gasteiger partial charge in [-0.25, -0.2) is 0 Å². The average Bonchev–Trinajstić information content (AvgIpc) is 2.03. The van der Waals surface area contributed by atoms with Gasteiger partial charge in [0, 0.05) is 37.8 Å². The molecule has 0 unspecified atom stereocenters. The summed E-state index contributed by atoms with van der Waals surface area (Å²) in [6, 6.07) is 0. The fourth-order valence-corrected chi connectivity index (χ4v) is 0.805. The molecule has 12 heavy (non-hydrogen) atoms. The third kappa shape index (κ3) is 5.95. The van der Waals surface area contributed by atoms with Crippen LogP contribution in [0.3, 0.4) is 0 Å². The number of allylic oxidation sites excluding steroid dienone is 4. The molecule has 0 aromatic rings. The number of rotatable bonds is 3. The van der Waals surface area contributed by atoms with Crippen LogP contribution in [0.4, 0.5) is 0 Å². The Balaban J connectivity index is 4.22. The van der Waals surface area contributed by atoms with Gasteiger partial charge in [0.15, 0.2) is 0 Å². The van der Waals surface area contributed by atoms with Crippen LogP contribution >= 0.6 is 56.8 Å². The van der Waals surface area contributed by atoms with E-state index in [1.807, 2.05) is 22.6 Å². The molecule has 0 radical (unpaired) electrons. The van der Waals surface area contributed by atoms with Gasteiger partial charge in [-0.3, -0.25) is 10.1 Å². The van der Waals surface area contributed by atoms with Gasteiger partial charge >= 0.3 is 3.70 Å². The topological polar surface area (TPSA) is 43.1 Å². The molecule has 0 rings (SSSR count). The smallest absolute Gasteiger partial charge is 0.258 e. The molecule has 0 aromatic carbocycles. The lowest BCUT2D eigenvalue weighted by Gasteiger charge is -1.83. The van der Waals surface area contributed by atoms with Crippen molar-refractivity contribution in [3.63, 3.8) is 0 Å². The molecule has 0 aliphatic carbocycles. The van der Waals surface area contributed by atoms with Gasteiger partial charge in [0.05, 0.1) is 4.92 Å². The monoisotopic (exact) mass is 411 g/mol. The summed E-state index contributed by atoms with van der Waals surface area (Å²) in [5.74, 6) is 0. The van der Waals surface area contributed by atoms with Crippen molar-refractivity contribution in [2.75, 3.05) is 0 Å². The van der Waals surface area contributed by atoms with Crippen molar-refractivity contribution in [2.45, 2.75) is 0 Å². The molecule has 0 N–H and O–H groups in total. The molecule has 0 aliphatic rings. The molecule has 0 atom stereocenters. The van der Waals surface area contributed by atoms with E-state index in [1.54, 1.807) is 34.7 Å². The van der Waals surface area contributed by atoms with E-state index in [0.717, 1.165) is 3.58 Å². The number of hydrogen-bond donors (Lipinski definition) is 0. The third-order valence-electron chi connectivity index (χ3n) is 0.768. The molecule has 0 bridgehead atoms. The Morgan fingerprint density at radius 2 is 2.08 bits per heavy atom. The van der Waals surface area contributed by atoms with Crippen molar-refractivity contribution in [1.82, 2.24) is 0 Å². The Morgan fingerprint density at radius 3 is 2.50 bits per heavy atom. The maximum Gasteiger partial charge on any atom is 0.303 e. The van der Waals surface area contributed by atoms with Gasteiger partial charge in [-0.15, -0.1) is 0 Å². The van der Waals surface area contributed by atoms with Crippen LogP contribution in [-0.2, 0) is 0 Å². The van der Waals surface area contributed by atoms with Crippen molar-refractivity contribution in [2.24, 2.45) is 0 Å².